The summed E-state index contributed by atoms with van der Waals surface area (Å²) in [6.45, 7) is -0.415. The third kappa shape index (κ3) is 3.10. The molecule has 0 saturated carbocycles. The predicted octanol–water partition coefficient (Wildman–Crippen LogP) is 4.31. The molecule has 0 atom stereocenters. The van der Waals surface area contributed by atoms with Crippen LogP contribution in [0.25, 0.3) is 0 Å². The zero-order chi connectivity index (χ0) is 15.7. The van der Waals surface area contributed by atoms with Crippen molar-refractivity contribution in [3.05, 3.63) is 57.3 Å². The maximum Gasteiger partial charge on any atom is 0.207 e. The van der Waals surface area contributed by atoms with Crippen molar-refractivity contribution < 1.29 is 26.7 Å². The highest BCUT2D eigenvalue weighted by Crippen LogP contribution is 2.30. The summed E-state index contributed by atoms with van der Waals surface area (Å²) < 4.78 is 70.9. The van der Waals surface area contributed by atoms with Gasteiger partial charge in [0.05, 0.1) is 0 Å². The molecular weight excluding hydrogens is 361 g/mol. The maximum absolute atomic E-state index is 13.4. The van der Waals surface area contributed by atoms with Crippen LogP contribution in [0.4, 0.5) is 27.6 Å². The Hall–Kier alpha value is -1.83. The highest BCUT2D eigenvalue weighted by Gasteiger charge is 2.27. The van der Waals surface area contributed by atoms with Gasteiger partial charge in [-0.05, 0) is 23.8 Å². The van der Waals surface area contributed by atoms with E-state index < -0.39 is 41.4 Å². The van der Waals surface area contributed by atoms with Gasteiger partial charge in [-0.1, -0.05) is 15.9 Å². The second-order valence-corrected chi connectivity index (χ2v) is 5.00. The molecule has 0 aliphatic carbocycles. The lowest BCUT2D eigenvalue weighted by Crippen LogP contribution is -2.07. The number of hydrogen-bond donors (Lipinski definition) is 1. The third-order valence-electron chi connectivity index (χ3n) is 2.53. The highest BCUT2D eigenvalue weighted by atomic mass is 79.9. The van der Waals surface area contributed by atoms with Crippen molar-refractivity contribution >= 4 is 21.6 Å². The summed E-state index contributed by atoms with van der Waals surface area (Å²) in [5.74, 6) is -11.7. The van der Waals surface area contributed by atoms with Crippen LogP contribution < -0.4 is 10.5 Å². The number of ether oxygens (including phenoxy) is 1. The van der Waals surface area contributed by atoms with E-state index in [1.807, 2.05) is 0 Å². The van der Waals surface area contributed by atoms with E-state index in [-0.39, 0.29) is 0 Å². The van der Waals surface area contributed by atoms with Crippen molar-refractivity contribution in [1.29, 1.82) is 0 Å². The molecule has 0 unspecified atom stereocenters. The van der Waals surface area contributed by atoms with Crippen LogP contribution in [0.5, 0.6) is 5.75 Å². The second kappa shape index (κ2) is 5.88. The Morgan fingerprint density at radius 2 is 1.38 bits per heavy atom. The van der Waals surface area contributed by atoms with Gasteiger partial charge in [0.25, 0.3) is 0 Å². The minimum absolute atomic E-state index is 0.348. The molecule has 2 N–H and O–H groups in total. The Kier molecular flexibility index (Phi) is 4.36. The Bertz CT molecular complexity index is 658. The zero-order valence-electron chi connectivity index (χ0n) is 10.2. The molecule has 0 fully saturated rings. The molecule has 0 amide bonds. The average Bonchev–Trinajstić information content (AvgIpc) is 2.42. The van der Waals surface area contributed by atoms with Crippen LogP contribution in [0, 0.1) is 29.1 Å². The van der Waals surface area contributed by atoms with Crippen LogP contribution in [0.3, 0.4) is 0 Å². The normalized spacial score (nSPS) is 10.8. The molecular formula is C13H7BrF5NO. The molecule has 2 aromatic carbocycles. The van der Waals surface area contributed by atoms with E-state index in [2.05, 4.69) is 15.9 Å². The van der Waals surface area contributed by atoms with Crippen LogP contribution in [-0.2, 0) is 6.61 Å². The SMILES string of the molecule is Nc1cc(Br)cc(COc2c(F)c(F)c(F)c(F)c2F)c1. The number of anilines is 1. The monoisotopic (exact) mass is 367 g/mol. The lowest BCUT2D eigenvalue weighted by atomic mass is 10.2. The number of nitrogens with two attached hydrogens (primary N) is 1. The highest BCUT2D eigenvalue weighted by molar-refractivity contribution is 9.10. The van der Waals surface area contributed by atoms with E-state index >= 15 is 0 Å². The lowest BCUT2D eigenvalue weighted by molar-refractivity contribution is 0.253. The Labute approximate surface area is 124 Å². The molecule has 2 rings (SSSR count). The van der Waals surface area contributed by atoms with Crippen molar-refractivity contribution in [2.24, 2.45) is 0 Å². The molecule has 0 spiro atoms. The summed E-state index contributed by atoms with van der Waals surface area (Å²) in [6, 6.07) is 4.54. The summed E-state index contributed by atoms with van der Waals surface area (Å²) in [6.07, 6.45) is 0. The zero-order valence-corrected chi connectivity index (χ0v) is 11.8. The van der Waals surface area contributed by atoms with Crippen molar-refractivity contribution in [3.63, 3.8) is 0 Å². The van der Waals surface area contributed by atoms with Crippen LogP contribution in [0.15, 0.2) is 22.7 Å². The average molecular weight is 368 g/mol. The van der Waals surface area contributed by atoms with Crippen LogP contribution in [0.1, 0.15) is 5.56 Å². The molecule has 0 heterocycles. The summed E-state index contributed by atoms with van der Waals surface area (Å²) >= 11 is 3.15. The quantitative estimate of drug-likeness (QED) is 0.379. The number of hydrogen-bond acceptors (Lipinski definition) is 2. The summed E-state index contributed by atoms with van der Waals surface area (Å²) in [4.78, 5) is 0. The minimum Gasteiger partial charge on any atom is -0.483 e. The molecule has 0 aromatic heterocycles. The first kappa shape index (κ1) is 15.6. The van der Waals surface area contributed by atoms with Gasteiger partial charge >= 0.3 is 0 Å². The van der Waals surface area contributed by atoms with Gasteiger partial charge in [-0.15, -0.1) is 0 Å². The van der Waals surface area contributed by atoms with Gasteiger partial charge < -0.3 is 10.5 Å². The van der Waals surface area contributed by atoms with E-state index in [0.29, 0.717) is 15.7 Å². The van der Waals surface area contributed by atoms with Crippen molar-refractivity contribution in [2.75, 3.05) is 5.73 Å². The van der Waals surface area contributed by atoms with Gasteiger partial charge in [-0.3, -0.25) is 0 Å². The van der Waals surface area contributed by atoms with Gasteiger partial charge in [-0.25, -0.2) is 13.2 Å². The van der Waals surface area contributed by atoms with Crippen LogP contribution >= 0.6 is 15.9 Å². The molecule has 0 radical (unpaired) electrons. The maximum atomic E-state index is 13.4. The van der Waals surface area contributed by atoms with Crippen LogP contribution in [-0.4, -0.2) is 0 Å². The molecule has 2 aromatic rings. The molecule has 21 heavy (non-hydrogen) atoms. The molecule has 112 valence electrons. The molecule has 0 bridgehead atoms. The molecule has 2 nitrogen and oxygen atoms in total. The fourth-order valence-corrected chi connectivity index (χ4v) is 2.18. The van der Waals surface area contributed by atoms with Gasteiger partial charge in [0.2, 0.25) is 29.1 Å². The predicted molar refractivity (Wildman–Crippen MR) is 69.1 cm³/mol. The van der Waals surface area contributed by atoms with E-state index in [4.69, 9.17) is 10.5 Å². The first-order valence-electron chi connectivity index (χ1n) is 5.50. The summed E-state index contributed by atoms with van der Waals surface area (Å²) in [7, 11) is 0. The van der Waals surface area contributed by atoms with Gasteiger partial charge in [0.1, 0.15) is 6.61 Å². The minimum atomic E-state index is -2.23. The molecule has 0 aliphatic heterocycles. The Morgan fingerprint density at radius 3 is 1.90 bits per heavy atom. The molecule has 8 heteroatoms. The van der Waals surface area contributed by atoms with Crippen LogP contribution in [0.2, 0.25) is 0 Å². The molecule has 0 aliphatic rings. The first-order chi connectivity index (χ1) is 9.81. The Morgan fingerprint density at radius 1 is 0.857 bits per heavy atom. The number of halogens is 6. The van der Waals surface area contributed by atoms with Gasteiger partial charge in [0.15, 0.2) is 5.75 Å². The number of benzene rings is 2. The van der Waals surface area contributed by atoms with Crippen molar-refractivity contribution in [1.82, 2.24) is 0 Å². The number of rotatable bonds is 3. The van der Waals surface area contributed by atoms with E-state index in [1.165, 1.54) is 12.1 Å². The standard InChI is InChI=1S/C13H7BrF5NO/c14-6-1-5(2-7(20)3-6)4-21-13-11(18)9(16)8(15)10(17)12(13)19/h1-3H,4,20H2. The number of nitrogen functional groups attached to an aromatic ring is 1. The van der Waals surface area contributed by atoms with Crippen molar-refractivity contribution in [3.8, 4) is 5.75 Å². The Balaban J connectivity index is 2.32. The largest absolute Gasteiger partial charge is 0.483 e. The van der Waals surface area contributed by atoms with Gasteiger partial charge in [-0.2, -0.15) is 8.78 Å². The summed E-state index contributed by atoms with van der Waals surface area (Å²) in [5.41, 5.74) is 6.29. The van der Waals surface area contributed by atoms with E-state index in [9.17, 15) is 22.0 Å². The fraction of sp³-hybridized carbons (Fsp3) is 0.0769. The lowest BCUT2D eigenvalue weighted by Gasteiger charge is -2.11. The first-order valence-corrected chi connectivity index (χ1v) is 6.29. The molecule has 0 saturated heterocycles. The topological polar surface area (TPSA) is 35.2 Å². The van der Waals surface area contributed by atoms with E-state index in [1.54, 1.807) is 6.07 Å². The third-order valence-corrected chi connectivity index (χ3v) is 2.99. The van der Waals surface area contributed by atoms with E-state index in [0.717, 1.165) is 0 Å². The van der Waals surface area contributed by atoms with Crippen molar-refractivity contribution in [2.45, 2.75) is 6.61 Å². The van der Waals surface area contributed by atoms with Gasteiger partial charge in [0, 0.05) is 10.2 Å². The smallest absolute Gasteiger partial charge is 0.207 e. The summed E-state index contributed by atoms with van der Waals surface area (Å²) in [5, 5.41) is 0. The fourth-order valence-electron chi connectivity index (χ4n) is 1.63. The second-order valence-electron chi connectivity index (χ2n) is 4.08.